The summed E-state index contributed by atoms with van der Waals surface area (Å²) in [7, 11) is 1.27. The topological polar surface area (TPSA) is 93.5 Å². The highest BCUT2D eigenvalue weighted by Gasteiger charge is 2.50. The minimum Gasteiger partial charge on any atom is -0.464 e. The number of methoxy groups -OCH3 is 1. The average Bonchev–Trinajstić information content (AvgIpc) is 3.04. The van der Waals surface area contributed by atoms with E-state index in [1.54, 1.807) is 11.8 Å². The van der Waals surface area contributed by atoms with E-state index in [2.05, 4.69) is 10.4 Å². The first-order valence-electron chi connectivity index (χ1n) is 11.6. The van der Waals surface area contributed by atoms with E-state index >= 15 is 0 Å². The van der Waals surface area contributed by atoms with Gasteiger partial charge in [-0.1, -0.05) is 37.8 Å². The van der Waals surface area contributed by atoms with Crippen molar-refractivity contribution in [1.82, 2.24) is 15.1 Å². The van der Waals surface area contributed by atoms with Crippen LogP contribution in [0, 0.1) is 13.8 Å². The van der Waals surface area contributed by atoms with Crippen LogP contribution in [-0.4, -0.2) is 46.3 Å². The van der Waals surface area contributed by atoms with Crippen molar-refractivity contribution < 1.29 is 19.1 Å². The number of aromatic nitrogens is 2. The molecule has 0 unspecified atom stereocenters. The van der Waals surface area contributed by atoms with Crippen LogP contribution in [0.25, 0.3) is 0 Å². The van der Waals surface area contributed by atoms with Crippen LogP contribution in [0.1, 0.15) is 77.6 Å². The molecule has 0 saturated heterocycles. The predicted molar refractivity (Wildman–Crippen MR) is 124 cm³/mol. The Morgan fingerprint density at radius 3 is 2.48 bits per heavy atom. The number of hydrogen-bond acceptors (Lipinski definition) is 5. The summed E-state index contributed by atoms with van der Waals surface area (Å²) < 4.78 is 6.25. The average molecular weight is 453 g/mol. The summed E-state index contributed by atoms with van der Waals surface area (Å²) in [5.41, 5.74) is 1.67. The fraction of sp³-hybridized carbons (Fsp3) is 0.520. The number of ether oxygens (including phenoxy) is 1. The molecule has 0 radical (unpaired) electrons. The monoisotopic (exact) mass is 452 g/mol. The van der Waals surface area contributed by atoms with Crippen molar-refractivity contribution in [3.8, 4) is 0 Å². The summed E-state index contributed by atoms with van der Waals surface area (Å²) >= 11 is 0. The number of nitrogens with zero attached hydrogens (tertiary/aromatic N) is 3. The Hall–Kier alpha value is -3.16. The van der Waals surface area contributed by atoms with Gasteiger partial charge in [0.15, 0.2) is 5.69 Å². The van der Waals surface area contributed by atoms with Crippen molar-refractivity contribution in [3.63, 3.8) is 0 Å². The number of aryl methyl sites for hydroxylation is 2. The lowest BCUT2D eigenvalue weighted by molar-refractivity contribution is -0.127. The van der Waals surface area contributed by atoms with Crippen molar-refractivity contribution in [2.24, 2.45) is 0 Å². The fourth-order valence-corrected chi connectivity index (χ4v) is 4.89. The van der Waals surface area contributed by atoms with Crippen molar-refractivity contribution >= 4 is 23.5 Å². The third kappa shape index (κ3) is 4.26. The van der Waals surface area contributed by atoms with Gasteiger partial charge in [-0.05, 0) is 50.8 Å². The normalized spacial score (nSPS) is 21.3. The van der Waals surface area contributed by atoms with Crippen LogP contribution in [0.5, 0.6) is 0 Å². The van der Waals surface area contributed by atoms with Crippen molar-refractivity contribution in [2.75, 3.05) is 12.0 Å². The number of benzene rings is 1. The zero-order chi connectivity index (χ0) is 23.8. The maximum Gasteiger partial charge on any atom is 0.358 e. The molecule has 1 fully saturated rings. The first-order chi connectivity index (χ1) is 15.7. The maximum atomic E-state index is 13.8. The first kappa shape index (κ1) is 23.0. The minimum atomic E-state index is -1.21. The van der Waals surface area contributed by atoms with Crippen LogP contribution in [0.15, 0.2) is 24.3 Å². The van der Waals surface area contributed by atoms with Crippen LogP contribution in [0.3, 0.4) is 0 Å². The molecule has 2 aliphatic rings. The molecule has 2 amide bonds. The Kier molecular flexibility index (Phi) is 6.28. The molecule has 1 atom stereocenters. The molecule has 2 heterocycles. The summed E-state index contributed by atoms with van der Waals surface area (Å²) in [6.45, 7) is 5.80. The van der Waals surface area contributed by atoms with E-state index in [4.69, 9.17) is 4.74 Å². The molecule has 1 aliphatic heterocycles. The molecule has 1 aromatic carbocycles. The summed E-state index contributed by atoms with van der Waals surface area (Å²) in [4.78, 5) is 41.3. The van der Waals surface area contributed by atoms with Gasteiger partial charge in [-0.3, -0.25) is 19.2 Å². The van der Waals surface area contributed by atoms with Crippen LogP contribution in [-0.2, 0) is 16.1 Å². The van der Waals surface area contributed by atoms with Gasteiger partial charge in [0.2, 0.25) is 5.91 Å². The van der Waals surface area contributed by atoms with Crippen LogP contribution >= 0.6 is 0 Å². The third-order valence-corrected chi connectivity index (χ3v) is 6.83. The Bertz CT molecular complexity index is 1080. The second-order valence-electron chi connectivity index (χ2n) is 9.43. The molecule has 2 aromatic rings. The molecule has 0 bridgehead atoms. The standard InChI is InChI=1S/C25H32N4O4/c1-16-11-12-17(2)20(13-16)29-22(30)21-14-19(23(31)33-4)27-28(21)15-25(29,3)24(32)26-18-9-7-5-6-8-10-18/h11-14,18H,5-10,15H2,1-4H3,(H,26,32)/t25-/m0/s1. The van der Waals surface area contributed by atoms with E-state index in [1.807, 2.05) is 32.0 Å². The lowest BCUT2D eigenvalue weighted by atomic mass is 9.92. The minimum absolute atomic E-state index is 0.0511. The fourth-order valence-electron chi connectivity index (χ4n) is 4.89. The van der Waals surface area contributed by atoms with Crippen LogP contribution in [0.4, 0.5) is 5.69 Å². The number of nitrogens with one attached hydrogen (secondary N) is 1. The number of fused-ring (bicyclic) bond motifs is 1. The van der Waals surface area contributed by atoms with Gasteiger partial charge in [-0.2, -0.15) is 5.10 Å². The Morgan fingerprint density at radius 1 is 1.12 bits per heavy atom. The van der Waals surface area contributed by atoms with Gasteiger partial charge in [-0.15, -0.1) is 0 Å². The molecule has 8 nitrogen and oxygen atoms in total. The molecule has 33 heavy (non-hydrogen) atoms. The molecular formula is C25H32N4O4. The summed E-state index contributed by atoms with van der Waals surface area (Å²) in [6, 6.07) is 7.40. The summed E-state index contributed by atoms with van der Waals surface area (Å²) in [5.74, 6) is -1.19. The smallest absolute Gasteiger partial charge is 0.358 e. The van der Waals surface area contributed by atoms with Gasteiger partial charge in [0.05, 0.1) is 13.7 Å². The van der Waals surface area contributed by atoms with Gasteiger partial charge in [0.1, 0.15) is 11.2 Å². The summed E-state index contributed by atoms with van der Waals surface area (Å²) in [5, 5.41) is 7.52. The van der Waals surface area contributed by atoms with Gasteiger partial charge < -0.3 is 10.1 Å². The molecular weight excluding hydrogens is 420 g/mol. The Labute approximate surface area is 194 Å². The zero-order valence-corrected chi connectivity index (χ0v) is 19.8. The lowest BCUT2D eigenvalue weighted by Gasteiger charge is -2.44. The number of hydrogen-bond donors (Lipinski definition) is 1. The molecule has 1 aromatic heterocycles. The number of amides is 2. The van der Waals surface area contributed by atoms with Crippen molar-refractivity contribution in [3.05, 3.63) is 46.8 Å². The number of carbonyl (C=O) groups is 3. The molecule has 1 aliphatic carbocycles. The predicted octanol–water partition coefficient (Wildman–Crippen LogP) is 3.54. The van der Waals surface area contributed by atoms with E-state index < -0.39 is 11.5 Å². The van der Waals surface area contributed by atoms with Gasteiger partial charge >= 0.3 is 5.97 Å². The molecule has 8 heteroatoms. The zero-order valence-electron chi connectivity index (χ0n) is 19.8. The Morgan fingerprint density at radius 2 is 1.82 bits per heavy atom. The number of rotatable bonds is 4. The SMILES string of the molecule is COC(=O)c1cc2n(n1)C[C@@](C)(C(=O)NC1CCCCCC1)N(c1cc(C)ccc1C)C2=O. The highest BCUT2D eigenvalue weighted by Crippen LogP contribution is 2.35. The van der Waals surface area contributed by atoms with Crippen molar-refractivity contribution in [1.29, 1.82) is 0 Å². The van der Waals surface area contributed by atoms with E-state index in [9.17, 15) is 14.4 Å². The van der Waals surface area contributed by atoms with Crippen LogP contribution < -0.4 is 10.2 Å². The number of anilines is 1. The second kappa shape index (κ2) is 9.00. The molecule has 0 spiro atoms. The van der Waals surface area contributed by atoms with Gasteiger partial charge in [0, 0.05) is 17.8 Å². The lowest BCUT2D eigenvalue weighted by Crippen LogP contribution is -2.65. The van der Waals surface area contributed by atoms with Gasteiger partial charge in [0.25, 0.3) is 5.91 Å². The highest BCUT2D eigenvalue weighted by molar-refractivity contribution is 6.12. The van der Waals surface area contributed by atoms with E-state index in [-0.39, 0.29) is 35.8 Å². The second-order valence-corrected chi connectivity index (χ2v) is 9.43. The Balaban J connectivity index is 1.78. The van der Waals surface area contributed by atoms with Crippen LogP contribution in [0.2, 0.25) is 0 Å². The number of carbonyl (C=O) groups excluding carboxylic acids is 3. The maximum absolute atomic E-state index is 13.8. The van der Waals surface area contributed by atoms with E-state index in [1.165, 1.54) is 30.7 Å². The largest absolute Gasteiger partial charge is 0.464 e. The molecule has 4 rings (SSSR count). The van der Waals surface area contributed by atoms with Crippen molar-refractivity contribution in [2.45, 2.75) is 77.4 Å². The van der Waals surface area contributed by atoms with E-state index in [0.717, 1.165) is 36.8 Å². The van der Waals surface area contributed by atoms with E-state index in [0.29, 0.717) is 5.69 Å². The molecule has 1 N–H and O–H groups in total. The molecule has 1 saturated carbocycles. The number of esters is 1. The van der Waals surface area contributed by atoms with Gasteiger partial charge in [-0.25, -0.2) is 4.79 Å². The third-order valence-electron chi connectivity index (χ3n) is 6.83. The summed E-state index contributed by atoms with van der Waals surface area (Å²) in [6.07, 6.45) is 6.44. The quantitative estimate of drug-likeness (QED) is 0.566. The first-order valence-corrected chi connectivity index (χ1v) is 11.6. The molecule has 176 valence electrons. The highest BCUT2D eigenvalue weighted by atomic mass is 16.5.